The molecule has 0 bridgehead atoms. The van der Waals surface area contributed by atoms with Gasteiger partial charge in [0.15, 0.2) is 0 Å². The van der Waals surface area contributed by atoms with Crippen LogP contribution in [0.1, 0.15) is 77.0 Å². The molecule has 3 aromatic carbocycles. The zero-order chi connectivity index (χ0) is 41.8. The van der Waals surface area contributed by atoms with E-state index >= 15 is 0 Å². The lowest BCUT2D eigenvalue weighted by atomic mass is 10.0. The van der Waals surface area contributed by atoms with Crippen molar-refractivity contribution >= 4 is 35.8 Å². The summed E-state index contributed by atoms with van der Waals surface area (Å²) in [6.45, 7) is 9.24. The number of hydrogen-bond donors (Lipinski definition) is 2. The molecular formula is C45H56N4O9. The van der Waals surface area contributed by atoms with Crippen molar-refractivity contribution < 1.29 is 43.0 Å². The molecule has 13 nitrogen and oxygen atoms in total. The maximum Gasteiger partial charge on any atom is 0.408 e. The lowest BCUT2D eigenvalue weighted by Crippen LogP contribution is -2.58. The summed E-state index contributed by atoms with van der Waals surface area (Å²) in [5, 5.41) is 5.66. The average molecular weight is 797 g/mol. The Morgan fingerprint density at radius 3 is 1.64 bits per heavy atom. The Hall–Kier alpha value is -5.72. The zero-order valence-electron chi connectivity index (χ0n) is 34.1. The van der Waals surface area contributed by atoms with Crippen LogP contribution in [0, 0.1) is 5.92 Å². The highest BCUT2D eigenvalue weighted by molar-refractivity contribution is 5.96. The van der Waals surface area contributed by atoms with Gasteiger partial charge in [-0.2, -0.15) is 0 Å². The van der Waals surface area contributed by atoms with Crippen molar-refractivity contribution in [3.63, 3.8) is 0 Å². The van der Waals surface area contributed by atoms with E-state index in [0.717, 1.165) is 16.7 Å². The first-order valence-electron chi connectivity index (χ1n) is 20.1. The molecule has 58 heavy (non-hydrogen) atoms. The molecule has 0 spiro atoms. The van der Waals surface area contributed by atoms with Gasteiger partial charge in [-0.1, -0.05) is 105 Å². The number of likely N-dealkylation sites (tertiary alicyclic amines) is 2. The van der Waals surface area contributed by atoms with Crippen LogP contribution < -0.4 is 10.6 Å². The lowest BCUT2D eigenvalue weighted by molar-refractivity contribution is -0.175. The smallest absolute Gasteiger partial charge is 0.408 e. The molecule has 0 unspecified atom stereocenters. The summed E-state index contributed by atoms with van der Waals surface area (Å²) in [5.41, 5.74) is 1.59. The predicted octanol–water partition coefficient (Wildman–Crippen LogP) is 5.14. The number of alkyl carbamates (subject to hydrolysis) is 1. The van der Waals surface area contributed by atoms with Gasteiger partial charge in [-0.25, -0.2) is 14.4 Å². The van der Waals surface area contributed by atoms with Crippen LogP contribution in [-0.2, 0) is 57.6 Å². The highest BCUT2D eigenvalue weighted by atomic mass is 16.6. The van der Waals surface area contributed by atoms with E-state index in [2.05, 4.69) is 10.6 Å². The van der Waals surface area contributed by atoms with Crippen LogP contribution in [0.5, 0.6) is 0 Å². The van der Waals surface area contributed by atoms with Gasteiger partial charge in [-0.3, -0.25) is 14.4 Å². The molecule has 5 atom stereocenters. The minimum atomic E-state index is -1.19. The summed E-state index contributed by atoms with van der Waals surface area (Å²) in [6.07, 6.45) is 0.0860. The van der Waals surface area contributed by atoms with Crippen LogP contribution in [-0.4, -0.2) is 94.5 Å². The van der Waals surface area contributed by atoms with Gasteiger partial charge >= 0.3 is 18.0 Å². The summed E-state index contributed by atoms with van der Waals surface area (Å²) in [7, 11) is 0. The number of ether oxygens (including phenoxy) is 3. The maximum absolute atomic E-state index is 14.5. The van der Waals surface area contributed by atoms with E-state index in [1.54, 1.807) is 34.6 Å². The highest BCUT2D eigenvalue weighted by Crippen LogP contribution is 2.25. The minimum Gasteiger partial charge on any atom is -0.458 e. The minimum absolute atomic E-state index is 0.0211. The topological polar surface area (TPSA) is 161 Å². The number of rotatable bonds is 15. The number of benzene rings is 3. The predicted molar refractivity (Wildman–Crippen MR) is 216 cm³/mol. The van der Waals surface area contributed by atoms with Gasteiger partial charge in [-0.15, -0.1) is 0 Å². The Labute approximate surface area is 340 Å². The van der Waals surface area contributed by atoms with E-state index in [4.69, 9.17) is 14.2 Å². The van der Waals surface area contributed by atoms with Crippen molar-refractivity contribution in [2.45, 2.75) is 116 Å². The zero-order valence-corrected chi connectivity index (χ0v) is 34.1. The second-order valence-corrected chi connectivity index (χ2v) is 16.2. The number of carbonyl (C=O) groups is 6. The van der Waals surface area contributed by atoms with Crippen LogP contribution in [0.25, 0.3) is 0 Å². The number of nitrogens with one attached hydrogen (secondary N) is 2. The molecule has 310 valence electrons. The average Bonchev–Trinajstić information content (AvgIpc) is 3.90. The van der Waals surface area contributed by atoms with Crippen LogP contribution in [0.15, 0.2) is 91.0 Å². The third kappa shape index (κ3) is 12.1. The summed E-state index contributed by atoms with van der Waals surface area (Å²) in [4.78, 5) is 85.5. The van der Waals surface area contributed by atoms with E-state index in [-0.39, 0.29) is 32.5 Å². The van der Waals surface area contributed by atoms with E-state index in [9.17, 15) is 28.8 Å². The fourth-order valence-electron chi connectivity index (χ4n) is 7.27. The standard InChI is InChI=1S/C45H56N4O9/c1-30(2)38(43(54)56-29-33-21-13-8-14-22-33)57-42(53)37-24-16-26-49(37)40(51)34(27-31-17-9-6-10-18-31)46-39(50)36-23-15-25-48(36)41(52)35(28-32-19-11-7-12-20-32)47-44(55)58-45(3,4)5/h6-14,17-22,30,34-38H,15-16,23-29H2,1-5H3,(H,46,50)(H,47,55)/t34-,35-,36+,37+,38+/m1/s1. The van der Waals surface area contributed by atoms with Crippen molar-refractivity contribution in [3.8, 4) is 0 Å². The number of nitrogens with zero attached hydrogens (tertiary/aromatic N) is 2. The van der Waals surface area contributed by atoms with Crippen molar-refractivity contribution in [2.75, 3.05) is 13.1 Å². The molecule has 5 rings (SSSR count). The molecule has 13 heteroatoms. The van der Waals surface area contributed by atoms with Crippen LogP contribution in [0.4, 0.5) is 4.79 Å². The Bertz CT molecular complexity index is 1870. The molecule has 3 aromatic rings. The third-order valence-corrected chi connectivity index (χ3v) is 10.1. The second-order valence-electron chi connectivity index (χ2n) is 16.2. The molecule has 2 aliphatic heterocycles. The maximum atomic E-state index is 14.5. The quantitative estimate of drug-likeness (QED) is 0.157. The Kier molecular flexibility index (Phi) is 15.1. The van der Waals surface area contributed by atoms with E-state index in [1.807, 2.05) is 91.0 Å². The third-order valence-electron chi connectivity index (χ3n) is 10.1. The van der Waals surface area contributed by atoms with Gasteiger partial charge in [0.1, 0.15) is 36.4 Å². The lowest BCUT2D eigenvalue weighted by Gasteiger charge is -2.32. The van der Waals surface area contributed by atoms with Crippen LogP contribution >= 0.6 is 0 Å². The van der Waals surface area contributed by atoms with Gasteiger partial charge in [0.05, 0.1) is 0 Å². The molecular weight excluding hydrogens is 741 g/mol. The van der Waals surface area contributed by atoms with Crippen LogP contribution in [0.3, 0.4) is 0 Å². The summed E-state index contributed by atoms with van der Waals surface area (Å²) in [5.74, 6) is -3.24. The second kappa shape index (κ2) is 20.1. The summed E-state index contributed by atoms with van der Waals surface area (Å²) in [6, 6.07) is 23.6. The fourth-order valence-corrected chi connectivity index (χ4v) is 7.27. The number of hydrogen-bond acceptors (Lipinski definition) is 9. The fraction of sp³-hybridized carbons (Fsp3) is 0.467. The van der Waals surface area contributed by atoms with Gasteiger partial charge in [0.25, 0.3) is 0 Å². The Balaban J connectivity index is 1.31. The summed E-state index contributed by atoms with van der Waals surface area (Å²) < 4.78 is 16.7. The van der Waals surface area contributed by atoms with E-state index < -0.39 is 77.5 Å². The molecule has 2 aliphatic rings. The molecule has 2 saturated heterocycles. The van der Waals surface area contributed by atoms with Gasteiger partial charge in [-0.05, 0) is 63.1 Å². The largest absolute Gasteiger partial charge is 0.458 e. The number of amides is 4. The summed E-state index contributed by atoms with van der Waals surface area (Å²) >= 11 is 0. The molecule has 2 N–H and O–H groups in total. The van der Waals surface area contributed by atoms with Crippen molar-refractivity contribution in [2.24, 2.45) is 5.92 Å². The van der Waals surface area contributed by atoms with Gasteiger partial charge in [0.2, 0.25) is 23.8 Å². The molecule has 0 aromatic heterocycles. The molecule has 2 heterocycles. The Morgan fingerprint density at radius 2 is 1.14 bits per heavy atom. The van der Waals surface area contributed by atoms with Crippen molar-refractivity contribution in [1.82, 2.24) is 20.4 Å². The van der Waals surface area contributed by atoms with Crippen molar-refractivity contribution in [1.29, 1.82) is 0 Å². The SMILES string of the molecule is CC(C)[C@H](OC(=O)[C@@H]1CCCN1C(=O)[C@@H](Cc1ccccc1)NC(=O)[C@@H]1CCCN1C(=O)[C@@H](Cc1ccccc1)NC(=O)OC(C)(C)C)C(=O)OCc1ccccc1. The molecule has 4 amide bonds. The van der Waals surface area contributed by atoms with E-state index in [1.165, 1.54) is 9.80 Å². The first-order chi connectivity index (χ1) is 27.7. The normalized spacial score (nSPS) is 18.2. The van der Waals surface area contributed by atoms with Crippen LogP contribution in [0.2, 0.25) is 0 Å². The van der Waals surface area contributed by atoms with Crippen molar-refractivity contribution in [3.05, 3.63) is 108 Å². The molecule has 0 saturated carbocycles. The highest BCUT2D eigenvalue weighted by Gasteiger charge is 2.43. The molecule has 2 fully saturated rings. The van der Waals surface area contributed by atoms with E-state index in [0.29, 0.717) is 25.7 Å². The number of esters is 2. The number of carbonyl (C=O) groups excluding carboxylic acids is 6. The first-order valence-corrected chi connectivity index (χ1v) is 20.1. The monoisotopic (exact) mass is 796 g/mol. The first kappa shape index (κ1) is 43.4. The van der Waals surface area contributed by atoms with Gasteiger partial charge < -0.3 is 34.6 Å². The molecule has 0 radical (unpaired) electrons. The molecule has 0 aliphatic carbocycles. The van der Waals surface area contributed by atoms with Gasteiger partial charge in [0, 0.05) is 31.8 Å². The Morgan fingerprint density at radius 1 is 0.672 bits per heavy atom.